The van der Waals surface area contributed by atoms with Crippen LogP contribution in [0.15, 0.2) is 36.0 Å². The van der Waals surface area contributed by atoms with Crippen LogP contribution in [0.25, 0.3) is 21.3 Å². The zero-order valence-corrected chi connectivity index (χ0v) is 12.8. The van der Waals surface area contributed by atoms with Crippen LogP contribution in [-0.4, -0.2) is 23.1 Å². The average Bonchev–Trinajstić information content (AvgIpc) is 2.97. The Kier molecular flexibility index (Phi) is 4.13. The van der Waals surface area contributed by atoms with Crippen molar-refractivity contribution in [3.63, 3.8) is 0 Å². The minimum atomic E-state index is 0.580. The minimum Gasteiger partial charge on any atom is -0.368 e. The Hall–Kier alpha value is -1.98. The maximum absolute atomic E-state index is 5.57. The number of aryl methyl sites for hydroxylation is 1. The van der Waals surface area contributed by atoms with Gasteiger partial charge in [-0.05, 0) is 17.5 Å². The first-order valence-electron chi connectivity index (χ1n) is 7.09. The summed E-state index contributed by atoms with van der Waals surface area (Å²) < 4.78 is 0. The molecular formula is C16H18N4S. The van der Waals surface area contributed by atoms with Gasteiger partial charge in [-0.3, -0.25) is 0 Å². The molecule has 1 aromatic carbocycles. The fourth-order valence-electron chi connectivity index (χ4n) is 2.33. The van der Waals surface area contributed by atoms with Crippen LogP contribution in [0, 0.1) is 0 Å². The van der Waals surface area contributed by atoms with Crippen molar-refractivity contribution < 1.29 is 0 Å². The quantitative estimate of drug-likeness (QED) is 0.758. The van der Waals surface area contributed by atoms with Gasteiger partial charge in [-0.15, -0.1) is 11.3 Å². The SMILES string of the molecule is CCc1ccc(-c2csc3ncnc(NCCN)c23)cc1. The highest BCUT2D eigenvalue weighted by Gasteiger charge is 2.12. The first-order valence-corrected chi connectivity index (χ1v) is 7.97. The van der Waals surface area contributed by atoms with Crippen LogP contribution in [0.5, 0.6) is 0 Å². The van der Waals surface area contributed by atoms with Crippen LogP contribution < -0.4 is 11.1 Å². The van der Waals surface area contributed by atoms with Crippen molar-refractivity contribution in [1.82, 2.24) is 9.97 Å². The second-order valence-electron chi connectivity index (χ2n) is 4.82. The van der Waals surface area contributed by atoms with E-state index in [-0.39, 0.29) is 0 Å². The van der Waals surface area contributed by atoms with Crippen molar-refractivity contribution in [3.8, 4) is 11.1 Å². The van der Waals surface area contributed by atoms with Crippen molar-refractivity contribution in [2.75, 3.05) is 18.4 Å². The summed E-state index contributed by atoms with van der Waals surface area (Å²) in [4.78, 5) is 9.73. The van der Waals surface area contributed by atoms with Gasteiger partial charge < -0.3 is 11.1 Å². The van der Waals surface area contributed by atoms with Gasteiger partial charge in [-0.2, -0.15) is 0 Å². The third-order valence-electron chi connectivity index (χ3n) is 3.48. The van der Waals surface area contributed by atoms with E-state index in [9.17, 15) is 0 Å². The number of hydrogen-bond acceptors (Lipinski definition) is 5. The van der Waals surface area contributed by atoms with Crippen LogP contribution in [0.1, 0.15) is 12.5 Å². The molecule has 108 valence electrons. The number of nitrogens with one attached hydrogen (secondary N) is 1. The highest BCUT2D eigenvalue weighted by molar-refractivity contribution is 7.17. The van der Waals surface area contributed by atoms with Gasteiger partial charge in [0, 0.05) is 24.0 Å². The third kappa shape index (κ3) is 2.75. The van der Waals surface area contributed by atoms with Gasteiger partial charge in [-0.1, -0.05) is 31.2 Å². The molecule has 0 saturated carbocycles. The first-order chi connectivity index (χ1) is 10.3. The first kappa shape index (κ1) is 14.0. The molecule has 3 rings (SSSR count). The predicted molar refractivity (Wildman–Crippen MR) is 89.8 cm³/mol. The number of benzene rings is 1. The lowest BCUT2D eigenvalue weighted by atomic mass is 10.0. The molecule has 2 heterocycles. The Morgan fingerprint density at radius 3 is 2.71 bits per heavy atom. The van der Waals surface area contributed by atoms with Gasteiger partial charge in [-0.25, -0.2) is 9.97 Å². The molecule has 3 aromatic rings. The van der Waals surface area contributed by atoms with Crippen molar-refractivity contribution in [2.24, 2.45) is 5.73 Å². The Labute approximate surface area is 128 Å². The fourth-order valence-corrected chi connectivity index (χ4v) is 3.25. The van der Waals surface area contributed by atoms with Gasteiger partial charge in [0.05, 0.1) is 5.39 Å². The predicted octanol–water partition coefficient (Wildman–Crippen LogP) is 3.29. The van der Waals surface area contributed by atoms with Gasteiger partial charge in [0.1, 0.15) is 17.0 Å². The molecule has 0 amide bonds. The van der Waals surface area contributed by atoms with Crippen molar-refractivity contribution >= 4 is 27.4 Å². The van der Waals surface area contributed by atoms with Crippen molar-refractivity contribution in [1.29, 1.82) is 0 Å². The summed E-state index contributed by atoms with van der Waals surface area (Å²) in [5, 5.41) is 6.52. The second-order valence-corrected chi connectivity index (χ2v) is 5.68. The van der Waals surface area contributed by atoms with E-state index in [1.807, 2.05) is 0 Å². The smallest absolute Gasteiger partial charge is 0.138 e. The second kappa shape index (κ2) is 6.20. The number of hydrogen-bond donors (Lipinski definition) is 2. The van der Waals surface area contributed by atoms with Crippen LogP contribution in [0.3, 0.4) is 0 Å². The van der Waals surface area contributed by atoms with E-state index in [1.165, 1.54) is 16.7 Å². The van der Waals surface area contributed by atoms with Gasteiger partial charge >= 0.3 is 0 Å². The Balaban J connectivity index is 2.08. The van der Waals surface area contributed by atoms with Crippen molar-refractivity contribution in [2.45, 2.75) is 13.3 Å². The normalized spacial score (nSPS) is 11.0. The van der Waals surface area contributed by atoms with Gasteiger partial charge in [0.15, 0.2) is 0 Å². The van der Waals surface area contributed by atoms with E-state index in [1.54, 1.807) is 17.7 Å². The van der Waals surface area contributed by atoms with E-state index in [0.29, 0.717) is 13.1 Å². The van der Waals surface area contributed by atoms with Crippen molar-refractivity contribution in [3.05, 3.63) is 41.5 Å². The molecule has 0 fully saturated rings. The van der Waals surface area contributed by atoms with E-state index >= 15 is 0 Å². The monoisotopic (exact) mass is 298 g/mol. The number of aromatic nitrogens is 2. The van der Waals surface area contributed by atoms with Crippen LogP contribution in [0.4, 0.5) is 5.82 Å². The molecule has 0 aliphatic heterocycles. The summed E-state index contributed by atoms with van der Waals surface area (Å²) in [5.41, 5.74) is 9.29. The van der Waals surface area contributed by atoms with Crippen LogP contribution in [0.2, 0.25) is 0 Å². The number of nitrogens with two attached hydrogens (primary N) is 1. The maximum Gasteiger partial charge on any atom is 0.138 e. The molecule has 5 heteroatoms. The Bertz CT molecular complexity index is 734. The van der Waals surface area contributed by atoms with Crippen LogP contribution >= 0.6 is 11.3 Å². The Morgan fingerprint density at radius 2 is 2.00 bits per heavy atom. The molecule has 0 aliphatic rings. The topological polar surface area (TPSA) is 63.8 Å². The largest absolute Gasteiger partial charge is 0.368 e. The molecule has 4 nitrogen and oxygen atoms in total. The zero-order chi connectivity index (χ0) is 14.7. The summed E-state index contributed by atoms with van der Waals surface area (Å²) in [6.45, 7) is 3.45. The van der Waals surface area contributed by atoms with E-state index in [2.05, 4.69) is 51.9 Å². The van der Waals surface area contributed by atoms with E-state index < -0.39 is 0 Å². The molecule has 0 spiro atoms. The Morgan fingerprint density at radius 1 is 1.19 bits per heavy atom. The standard InChI is InChI=1S/C16H18N4S/c1-2-11-3-5-12(6-4-11)13-9-21-16-14(13)15(18-8-7-17)19-10-20-16/h3-6,9-10H,2,7-8,17H2,1H3,(H,18,19,20). The number of anilines is 1. The highest BCUT2D eigenvalue weighted by atomic mass is 32.1. The molecule has 3 N–H and O–H groups in total. The summed E-state index contributed by atoms with van der Waals surface area (Å²) in [6.07, 6.45) is 2.65. The zero-order valence-electron chi connectivity index (χ0n) is 12.0. The third-order valence-corrected chi connectivity index (χ3v) is 4.37. The number of thiophene rings is 1. The average molecular weight is 298 g/mol. The highest BCUT2D eigenvalue weighted by Crippen LogP contribution is 2.36. The lowest BCUT2D eigenvalue weighted by Gasteiger charge is -2.07. The van der Waals surface area contributed by atoms with Gasteiger partial charge in [0.2, 0.25) is 0 Å². The van der Waals surface area contributed by atoms with Gasteiger partial charge in [0.25, 0.3) is 0 Å². The summed E-state index contributed by atoms with van der Waals surface area (Å²) in [5.74, 6) is 0.862. The lowest BCUT2D eigenvalue weighted by Crippen LogP contribution is -2.14. The molecule has 0 saturated heterocycles. The number of nitrogens with zero attached hydrogens (tertiary/aromatic N) is 2. The van der Waals surface area contributed by atoms with E-state index in [0.717, 1.165) is 22.5 Å². The molecule has 0 unspecified atom stereocenters. The number of fused-ring (bicyclic) bond motifs is 1. The number of rotatable bonds is 5. The fraction of sp³-hybridized carbons (Fsp3) is 0.250. The minimum absolute atomic E-state index is 0.580. The lowest BCUT2D eigenvalue weighted by molar-refractivity contribution is 1.01. The molecule has 0 radical (unpaired) electrons. The molecule has 0 aliphatic carbocycles. The summed E-state index contributed by atoms with van der Waals surface area (Å²) >= 11 is 1.64. The molecule has 2 aromatic heterocycles. The molecular weight excluding hydrogens is 280 g/mol. The van der Waals surface area contributed by atoms with Crippen LogP contribution in [-0.2, 0) is 6.42 Å². The van der Waals surface area contributed by atoms with E-state index in [4.69, 9.17) is 5.73 Å². The molecule has 0 atom stereocenters. The maximum atomic E-state index is 5.57. The summed E-state index contributed by atoms with van der Waals surface area (Å²) in [6, 6.07) is 8.69. The summed E-state index contributed by atoms with van der Waals surface area (Å²) in [7, 11) is 0. The molecule has 0 bridgehead atoms. The molecule has 21 heavy (non-hydrogen) atoms.